The molecule has 69 heavy (non-hydrogen) atoms. The van der Waals surface area contributed by atoms with Gasteiger partial charge in [-0.15, -0.1) is 0 Å². The van der Waals surface area contributed by atoms with Gasteiger partial charge >= 0.3 is 130 Å². The standard InChI is InChI=1S/C35H29N5O21S4.4Na/c1-17(41)30(38-37-23-7-18(16-61-60-3)6-21(8-23)34(45)59-2)31(42)36-22-4-5-28-29(13-22)40(33(44)20-11-26(64(53,54)55)15-27(12-20)65(56,57)58)35(46)39(28)32(43)19-9-24(62(47,48)49)14-25(10-19)63(50,51)52;;;;/h4-15,30H,16H2,1-3H3,(H,36,42)(H,47,48,49)(H,50,51,52)(H,53,54,55)(H,56,57,58);;;;/q;4*+1/p-4. The fraction of sp³-hybridized carbons (Fsp3) is 0.143. The minimum Gasteiger partial charge on any atom is -0.744 e. The fourth-order valence-electron chi connectivity index (χ4n) is 5.73. The topological polar surface area (TPSA) is 406 Å². The Bertz CT molecular complexity index is 3340. The molecule has 0 spiro atoms. The second-order valence-electron chi connectivity index (χ2n) is 13.0. The van der Waals surface area contributed by atoms with Gasteiger partial charge in [-0.3, -0.25) is 19.2 Å². The Hall–Kier alpha value is -2.74. The van der Waals surface area contributed by atoms with E-state index in [9.17, 15) is 80.6 Å². The van der Waals surface area contributed by atoms with Crippen molar-refractivity contribution in [2.75, 3.05) is 19.5 Å². The minimum absolute atomic E-state index is 0. The Morgan fingerprint density at radius 2 is 1.07 bits per heavy atom. The van der Waals surface area contributed by atoms with Crippen LogP contribution in [0.15, 0.2) is 107 Å². The van der Waals surface area contributed by atoms with Gasteiger partial charge in [0.1, 0.15) is 47.1 Å². The molecular weight excluding hydrogens is 1050 g/mol. The number of esters is 1. The maximum absolute atomic E-state index is 14.1. The Kier molecular flexibility index (Phi) is 23.5. The summed E-state index contributed by atoms with van der Waals surface area (Å²) in [6.07, 6.45) is 0. The van der Waals surface area contributed by atoms with Crippen molar-refractivity contribution in [3.8, 4) is 0 Å². The van der Waals surface area contributed by atoms with Crippen molar-refractivity contribution in [1.82, 2.24) is 9.13 Å². The SMILES string of the molecule is COOCc1cc(N=NC(C(C)=O)C(=O)Nc2ccc3c(c2)n(C(=O)c2cc(S(=O)(=O)[O-])cc(S(=O)(=O)[O-])c2)c(=O)n3C(=O)c2cc(S(=O)(=O)[O-])cc(S(=O)(=O)[O-])c2)cc(C(=O)OC)c1.[Na+].[Na+].[Na+].[Na+]. The van der Waals surface area contributed by atoms with Crippen LogP contribution in [0.4, 0.5) is 11.4 Å². The predicted octanol–water partition coefficient (Wildman–Crippen LogP) is -11.6. The molecule has 0 saturated heterocycles. The van der Waals surface area contributed by atoms with Crippen molar-refractivity contribution in [2.45, 2.75) is 39.2 Å². The molecule has 0 fully saturated rings. The number of nitrogens with zero attached hydrogens (tertiary/aromatic N) is 4. The van der Waals surface area contributed by atoms with Crippen molar-refractivity contribution in [3.05, 3.63) is 106 Å². The van der Waals surface area contributed by atoms with E-state index in [1.54, 1.807) is 0 Å². The molecule has 1 atom stereocenters. The van der Waals surface area contributed by atoms with E-state index in [1.165, 1.54) is 25.3 Å². The molecule has 5 rings (SSSR count). The monoisotopic (exact) mass is 1070 g/mol. The first-order valence-corrected chi connectivity index (χ1v) is 22.8. The van der Waals surface area contributed by atoms with Crippen LogP contribution in [0.1, 0.15) is 43.6 Å². The number of hydrogen-bond donors (Lipinski definition) is 1. The van der Waals surface area contributed by atoms with Crippen LogP contribution in [0.5, 0.6) is 0 Å². The van der Waals surface area contributed by atoms with E-state index in [-0.39, 0.29) is 182 Å². The molecule has 4 aromatic carbocycles. The molecule has 26 nitrogen and oxygen atoms in total. The third kappa shape index (κ3) is 15.6. The number of methoxy groups -OCH3 is 1. The van der Waals surface area contributed by atoms with Crippen LogP contribution < -0.4 is 129 Å². The van der Waals surface area contributed by atoms with Gasteiger partial charge in [-0.2, -0.15) is 10.2 Å². The van der Waals surface area contributed by atoms with Crippen LogP contribution >= 0.6 is 0 Å². The van der Waals surface area contributed by atoms with Crippen molar-refractivity contribution in [2.24, 2.45) is 10.2 Å². The summed E-state index contributed by atoms with van der Waals surface area (Å²) in [5, 5.41) is 9.88. The van der Waals surface area contributed by atoms with Gasteiger partial charge in [0.25, 0.3) is 17.7 Å². The number of fused-ring (bicyclic) bond motifs is 1. The smallest absolute Gasteiger partial charge is 0.744 e. The third-order valence-electron chi connectivity index (χ3n) is 8.59. The molecule has 0 bridgehead atoms. The molecule has 1 unspecified atom stereocenters. The van der Waals surface area contributed by atoms with E-state index in [0.717, 1.165) is 32.2 Å². The molecule has 1 heterocycles. The number of azo groups is 1. The van der Waals surface area contributed by atoms with Crippen LogP contribution in [0.25, 0.3) is 11.0 Å². The first kappa shape index (κ1) is 64.3. The molecular formula is C35H25N5Na4O21S4. The predicted molar refractivity (Wildman–Crippen MR) is 208 cm³/mol. The summed E-state index contributed by atoms with van der Waals surface area (Å²) in [6, 6.07) is 5.73. The summed E-state index contributed by atoms with van der Waals surface area (Å²) in [7, 11) is -20.2. The number of rotatable bonds is 15. The van der Waals surface area contributed by atoms with E-state index in [4.69, 9.17) is 9.62 Å². The average Bonchev–Trinajstić information content (AvgIpc) is 3.50. The van der Waals surface area contributed by atoms with E-state index in [2.05, 4.69) is 20.4 Å². The van der Waals surface area contributed by atoms with Crippen molar-refractivity contribution >= 4 is 92.4 Å². The molecule has 0 radical (unpaired) electrons. The van der Waals surface area contributed by atoms with E-state index >= 15 is 0 Å². The van der Waals surface area contributed by atoms with Crippen molar-refractivity contribution < 1.29 is 209 Å². The molecule has 0 aliphatic rings. The molecule has 0 aliphatic heterocycles. The number of Topliss-reactive ketones (excluding diaryl/α,β-unsaturated/α-hetero) is 1. The Balaban J connectivity index is 0.00000595. The summed E-state index contributed by atoms with van der Waals surface area (Å²) in [4.78, 5) is 84.3. The van der Waals surface area contributed by atoms with Crippen LogP contribution in [-0.2, 0) is 71.2 Å². The molecule has 5 aromatic rings. The maximum atomic E-state index is 14.1. The van der Waals surface area contributed by atoms with Crippen molar-refractivity contribution in [1.29, 1.82) is 0 Å². The van der Waals surface area contributed by atoms with Crippen LogP contribution in [0.3, 0.4) is 0 Å². The molecule has 0 saturated carbocycles. The second-order valence-corrected chi connectivity index (χ2v) is 18.5. The van der Waals surface area contributed by atoms with Gasteiger partial charge < -0.3 is 28.3 Å². The summed E-state index contributed by atoms with van der Waals surface area (Å²) < 4.78 is 147. The van der Waals surface area contributed by atoms with Crippen LogP contribution in [0, 0.1) is 0 Å². The van der Waals surface area contributed by atoms with E-state index < -0.39 is 129 Å². The van der Waals surface area contributed by atoms with Gasteiger partial charge in [-0.25, -0.2) is 62.2 Å². The van der Waals surface area contributed by atoms with Gasteiger partial charge in [0.2, 0.25) is 6.04 Å². The van der Waals surface area contributed by atoms with E-state index in [0.29, 0.717) is 5.56 Å². The Morgan fingerprint density at radius 1 is 0.623 bits per heavy atom. The number of ketones is 1. The third-order valence-corrected chi connectivity index (χ3v) is 11.8. The first-order chi connectivity index (χ1) is 30.0. The Labute approximate surface area is 478 Å². The molecule has 344 valence electrons. The van der Waals surface area contributed by atoms with E-state index in [1.807, 2.05) is 0 Å². The summed E-state index contributed by atoms with van der Waals surface area (Å²) in [5.74, 6) is -6.49. The van der Waals surface area contributed by atoms with Gasteiger partial charge in [-0.1, -0.05) is 0 Å². The maximum Gasteiger partial charge on any atom is 1.00 e. The van der Waals surface area contributed by atoms with Gasteiger partial charge in [-0.05, 0) is 85.3 Å². The molecule has 1 amide bonds. The number of amides is 1. The minimum atomic E-state index is -5.65. The molecule has 1 N–H and O–H groups in total. The number of hydrogen-bond acceptors (Lipinski definition) is 23. The second kappa shape index (κ2) is 25.3. The zero-order valence-electron chi connectivity index (χ0n) is 36.7. The first-order valence-electron chi connectivity index (χ1n) is 17.2. The number of ether oxygens (including phenoxy) is 1. The zero-order chi connectivity index (χ0) is 48.6. The summed E-state index contributed by atoms with van der Waals surface area (Å²) >= 11 is 0. The van der Waals surface area contributed by atoms with Crippen LogP contribution in [0.2, 0.25) is 0 Å². The zero-order valence-corrected chi connectivity index (χ0v) is 48.0. The van der Waals surface area contributed by atoms with Crippen LogP contribution in [-0.4, -0.2) is 111 Å². The number of anilines is 1. The average molecular weight is 1070 g/mol. The van der Waals surface area contributed by atoms with Gasteiger partial charge in [0, 0.05) is 16.8 Å². The molecule has 0 aliphatic carbocycles. The summed E-state index contributed by atoms with van der Waals surface area (Å²) in [5.41, 5.74) is -5.83. The van der Waals surface area contributed by atoms with Crippen molar-refractivity contribution in [3.63, 3.8) is 0 Å². The number of aromatic nitrogens is 2. The number of imidazole rings is 1. The number of carbonyl (C=O) groups is 5. The Morgan fingerprint density at radius 3 is 1.48 bits per heavy atom. The largest absolute Gasteiger partial charge is 1.00 e. The number of nitrogens with one attached hydrogen (secondary N) is 1. The molecule has 1 aromatic heterocycles. The quantitative estimate of drug-likeness (QED) is 0.0193. The normalized spacial score (nSPS) is 12.1. The van der Waals surface area contributed by atoms with Gasteiger partial charge in [0.15, 0.2) is 5.78 Å². The summed E-state index contributed by atoms with van der Waals surface area (Å²) in [6.45, 7) is 0.726. The number of benzene rings is 4. The van der Waals surface area contributed by atoms with Gasteiger partial charge in [0.05, 0.1) is 56.1 Å². The molecule has 34 heteroatoms. The fourth-order valence-corrected chi connectivity index (χ4v) is 8.04. The number of carbonyl (C=O) groups excluding carboxylic acids is 5.